The van der Waals surface area contributed by atoms with Gasteiger partial charge in [-0.05, 0) is 53.3 Å². The fourth-order valence-corrected chi connectivity index (χ4v) is 7.10. The molecule has 1 aliphatic carbocycles. The third-order valence-electron chi connectivity index (χ3n) is 6.30. The summed E-state index contributed by atoms with van der Waals surface area (Å²) in [6.07, 6.45) is 3.28. The Morgan fingerprint density at radius 3 is 2.70 bits per heavy atom. The molecular weight excluding hydrogens is 469 g/mol. The summed E-state index contributed by atoms with van der Waals surface area (Å²) < 4.78 is 2.22. The van der Waals surface area contributed by atoms with Crippen LogP contribution in [0.25, 0.3) is 0 Å². The number of thiophene rings is 2. The van der Waals surface area contributed by atoms with Gasteiger partial charge >= 0.3 is 0 Å². The molecule has 0 N–H and O–H groups in total. The molecule has 0 radical (unpaired) electrons. The summed E-state index contributed by atoms with van der Waals surface area (Å²) in [4.78, 5) is 18.2. The van der Waals surface area contributed by atoms with Crippen molar-refractivity contribution < 1.29 is 4.79 Å². The standard InChI is InChI=1S/C25H24N4OS3/c30-22(28-12-10-20-19(11-14-32-20)23(28)21-7-4-13-31-21)16-33-25-27-26-24(18-8-9-18)29(25)15-17-5-2-1-3-6-17/h1-7,11,13-14,18,23H,8-10,12,15-16H2/t23-/m1/s1. The fourth-order valence-electron chi connectivity index (χ4n) is 4.51. The molecule has 4 aromatic rings. The number of carbonyl (C=O) groups is 1. The number of amides is 1. The van der Waals surface area contributed by atoms with Gasteiger partial charge in [0, 0.05) is 22.2 Å². The van der Waals surface area contributed by atoms with Crippen molar-refractivity contribution in [2.24, 2.45) is 0 Å². The Hall–Kier alpha value is -2.42. The van der Waals surface area contributed by atoms with E-state index in [9.17, 15) is 4.79 Å². The van der Waals surface area contributed by atoms with E-state index in [0.717, 1.165) is 30.5 Å². The van der Waals surface area contributed by atoms with Crippen LogP contribution in [0.4, 0.5) is 0 Å². The van der Waals surface area contributed by atoms with Gasteiger partial charge in [-0.15, -0.1) is 32.9 Å². The van der Waals surface area contributed by atoms with Crippen LogP contribution in [0.3, 0.4) is 0 Å². The van der Waals surface area contributed by atoms with Crippen molar-refractivity contribution in [3.8, 4) is 0 Å². The molecule has 0 saturated heterocycles. The van der Waals surface area contributed by atoms with E-state index in [1.807, 2.05) is 6.07 Å². The molecule has 0 unspecified atom stereocenters. The normalized spacial score (nSPS) is 17.8. The van der Waals surface area contributed by atoms with Crippen LogP contribution >= 0.6 is 34.4 Å². The van der Waals surface area contributed by atoms with Gasteiger partial charge in [0.25, 0.3) is 0 Å². The first-order valence-electron chi connectivity index (χ1n) is 11.3. The first-order valence-corrected chi connectivity index (χ1v) is 14.0. The van der Waals surface area contributed by atoms with Gasteiger partial charge in [-0.25, -0.2) is 0 Å². The average molecular weight is 493 g/mol. The molecule has 33 heavy (non-hydrogen) atoms. The Labute approximate surface area is 205 Å². The zero-order valence-corrected chi connectivity index (χ0v) is 20.5. The van der Waals surface area contributed by atoms with E-state index in [2.05, 4.69) is 72.9 Å². The summed E-state index contributed by atoms with van der Waals surface area (Å²) in [6, 6.07) is 16.9. The summed E-state index contributed by atoms with van der Waals surface area (Å²) in [5.74, 6) is 2.11. The highest BCUT2D eigenvalue weighted by molar-refractivity contribution is 7.99. The first-order chi connectivity index (χ1) is 16.3. The lowest BCUT2D eigenvalue weighted by molar-refractivity contribution is -0.130. The van der Waals surface area contributed by atoms with Crippen molar-refractivity contribution in [3.05, 3.63) is 86.0 Å². The number of rotatable bonds is 7. The molecular formula is C25H24N4OS3. The Bertz CT molecular complexity index is 1240. The zero-order chi connectivity index (χ0) is 22.2. The summed E-state index contributed by atoms with van der Waals surface area (Å²) >= 11 is 5.05. The van der Waals surface area contributed by atoms with Gasteiger partial charge in [0.15, 0.2) is 5.16 Å². The van der Waals surface area contributed by atoms with Crippen LogP contribution in [0.15, 0.2) is 64.4 Å². The second-order valence-electron chi connectivity index (χ2n) is 8.53. The lowest BCUT2D eigenvalue weighted by Gasteiger charge is -2.35. The molecule has 1 aromatic carbocycles. The molecule has 0 bridgehead atoms. The molecule has 0 spiro atoms. The van der Waals surface area contributed by atoms with Crippen LogP contribution in [0, 0.1) is 0 Å². The van der Waals surface area contributed by atoms with Crippen molar-refractivity contribution in [1.82, 2.24) is 19.7 Å². The third-order valence-corrected chi connectivity index (χ3v) is 9.17. The maximum atomic E-state index is 13.5. The summed E-state index contributed by atoms with van der Waals surface area (Å²) in [6.45, 7) is 1.51. The predicted octanol–water partition coefficient (Wildman–Crippen LogP) is 5.59. The molecule has 4 heterocycles. The Balaban J connectivity index is 1.22. The minimum absolute atomic E-state index is 0.0253. The van der Waals surface area contributed by atoms with E-state index in [4.69, 9.17) is 0 Å². The number of nitrogens with zero attached hydrogens (tertiary/aromatic N) is 4. The van der Waals surface area contributed by atoms with E-state index < -0.39 is 0 Å². The van der Waals surface area contributed by atoms with Crippen molar-refractivity contribution >= 4 is 40.3 Å². The predicted molar refractivity (Wildman–Crippen MR) is 134 cm³/mol. The zero-order valence-electron chi connectivity index (χ0n) is 18.1. The Morgan fingerprint density at radius 1 is 1.03 bits per heavy atom. The number of aromatic nitrogens is 3. The molecule has 8 heteroatoms. The van der Waals surface area contributed by atoms with Crippen LogP contribution < -0.4 is 0 Å². The number of fused-ring (bicyclic) bond motifs is 1. The van der Waals surface area contributed by atoms with E-state index in [1.165, 1.54) is 45.5 Å². The van der Waals surface area contributed by atoms with E-state index in [1.54, 1.807) is 22.7 Å². The second kappa shape index (κ2) is 9.08. The molecule has 168 valence electrons. The molecule has 1 amide bonds. The molecule has 3 aromatic heterocycles. The summed E-state index contributed by atoms with van der Waals surface area (Å²) in [5.41, 5.74) is 2.52. The van der Waals surface area contributed by atoms with Gasteiger partial charge in [-0.1, -0.05) is 48.2 Å². The van der Waals surface area contributed by atoms with Crippen molar-refractivity contribution in [2.75, 3.05) is 12.3 Å². The number of hydrogen-bond acceptors (Lipinski definition) is 6. The molecule has 1 aliphatic heterocycles. The summed E-state index contributed by atoms with van der Waals surface area (Å²) in [7, 11) is 0. The highest BCUT2D eigenvalue weighted by atomic mass is 32.2. The smallest absolute Gasteiger partial charge is 0.233 e. The Morgan fingerprint density at radius 2 is 1.91 bits per heavy atom. The minimum Gasteiger partial charge on any atom is -0.330 e. The maximum absolute atomic E-state index is 13.5. The van der Waals surface area contributed by atoms with Crippen molar-refractivity contribution in [2.45, 2.75) is 42.9 Å². The van der Waals surface area contributed by atoms with Crippen LogP contribution in [-0.4, -0.2) is 37.9 Å². The van der Waals surface area contributed by atoms with Crippen LogP contribution in [0.2, 0.25) is 0 Å². The largest absolute Gasteiger partial charge is 0.330 e. The van der Waals surface area contributed by atoms with Gasteiger partial charge in [0.2, 0.25) is 5.91 Å². The molecule has 5 nitrogen and oxygen atoms in total. The van der Waals surface area contributed by atoms with Gasteiger partial charge in [0.05, 0.1) is 18.3 Å². The molecule has 1 atom stereocenters. The maximum Gasteiger partial charge on any atom is 0.233 e. The fraction of sp³-hybridized carbons (Fsp3) is 0.320. The molecule has 1 saturated carbocycles. The number of carbonyl (C=O) groups excluding carboxylic acids is 1. The van der Waals surface area contributed by atoms with Gasteiger partial charge in [-0.3, -0.25) is 4.79 Å². The topological polar surface area (TPSA) is 51.0 Å². The SMILES string of the molecule is O=C(CSc1nnc(C2CC2)n1Cc1ccccc1)N1CCc2sccc2[C@@H]1c1cccs1. The Kier molecular flexibility index (Phi) is 5.82. The van der Waals surface area contributed by atoms with Crippen molar-refractivity contribution in [1.29, 1.82) is 0 Å². The number of hydrogen-bond donors (Lipinski definition) is 0. The first kappa shape index (κ1) is 21.1. The van der Waals surface area contributed by atoms with Crippen molar-refractivity contribution in [3.63, 3.8) is 0 Å². The average Bonchev–Trinajstić information content (AvgIpc) is 3.22. The van der Waals surface area contributed by atoms with E-state index in [-0.39, 0.29) is 11.9 Å². The second-order valence-corrected chi connectivity index (χ2v) is 11.5. The quantitative estimate of drug-likeness (QED) is 0.316. The van der Waals surface area contributed by atoms with E-state index in [0.29, 0.717) is 11.7 Å². The van der Waals surface area contributed by atoms with Gasteiger partial charge in [-0.2, -0.15) is 0 Å². The monoisotopic (exact) mass is 492 g/mol. The third kappa shape index (κ3) is 4.27. The van der Waals surface area contributed by atoms with Gasteiger partial charge < -0.3 is 9.47 Å². The molecule has 1 fully saturated rings. The van der Waals surface area contributed by atoms with Crippen LogP contribution in [0.1, 0.15) is 51.5 Å². The minimum atomic E-state index is 0.0253. The van der Waals surface area contributed by atoms with E-state index >= 15 is 0 Å². The van der Waals surface area contributed by atoms with Gasteiger partial charge in [0.1, 0.15) is 5.82 Å². The highest BCUT2D eigenvalue weighted by Crippen LogP contribution is 2.41. The molecule has 2 aliphatic rings. The van der Waals surface area contributed by atoms with Crippen LogP contribution in [0.5, 0.6) is 0 Å². The lowest BCUT2D eigenvalue weighted by Crippen LogP contribution is -2.40. The molecule has 6 rings (SSSR count). The lowest BCUT2D eigenvalue weighted by atomic mass is 9.98. The van der Waals surface area contributed by atoms with Crippen LogP contribution in [-0.2, 0) is 17.8 Å². The summed E-state index contributed by atoms with van der Waals surface area (Å²) in [5, 5.41) is 14.1. The number of benzene rings is 1. The number of thioether (sulfide) groups is 1. The highest BCUT2D eigenvalue weighted by Gasteiger charge is 2.34.